The fourth-order valence-corrected chi connectivity index (χ4v) is 5.03. The van der Waals surface area contributed by atoms with Gasteiger partial charge < -0.3 is 19.8 Å². The lowest BCUT2D eigenvalue weighted by Crippen LogP contribution is -2.43. The third kappa shape index (κ3) is 5.26. The van der Waals surface area contributed by atoms with Gasteiger partial charge in [0.05, 0.1) is 7.14 Å². The van der Waals surface area contributed by atoms with Crippen LogP contribution in [0.15, 0.2) is 54.1 Å². The predicted molar refractivity (Wildman–Crippen MR) is 130 cm³/mol. The van der Waals surface area contributed by atoms with E-state index in [4.69, 9.17) is 4.74 Å². The monoisotopic (exact) mass is 633 g/mol. The topological polar surface area (TPSA) is 87.1 Å². The van der Waals surface area contributed by atoms with Crippen LogP contribution in [-0.2, 0) is 4.79 Å². The normalized spacial score (nSPS) is 15.8. The Bertz CT molecular complexity index is 969. The molecular formula is C22H21I2NO5. The summed E-state index contributed by atoms with van der Waals surface area (Å²) in [4.78, 5) is 26.5. The van der Waals surface area contributed by atoms with Gasteiger partial charge in [-0.05, 0) is 82.8 Å². The molecule has 1 unspecified atom stereocenters. The van der Waals surface area contributed by atoms with Crippen LogP contribution in [0, 0.1) is 7.14 Å². The third-order valence-corrected chi connectivity index (χ3v) is 6.60. The quantitative estimate of drug-likeness (QED) is 0.357. The maximum absolute atomic E-state index is 12.8. The van der Waals surface area contributed by atoms with E-state index in [-0.39, 0.29) is 18.1 Å². The van der Waals surface area contributed by atoms with Crippen molar-refractivity contribution in [2.75, 3.05) is 13.1 Å². The maximum atomic E-state index is 12.8. The molecule has 0 spiro atoms. The lowest BCUT2D eigenvalue weighted by Gasteiger charge is -2.31. The molecule has 1 atom stereocenters. The number of carbonyl (C=O) groups excluding carboxylic acids is 1. The molecule has 3 rings (SSSR count). The first-order valence-electron chi connectivity index (χ1n) is 9.32. The summed E-state index contributed by atoms with van der Waals surface area (Å²) >= 11 is 4.01. The van der Waals surface area contributed by atoms with E-state index in [2.05, 4.69) is 0 Å². The molecule has 2 N–H and O–H groups in total. The van der Waals surface area contributed by atoms with Crippen LogP contribution < -0.4 is 4.74 Å². The zero-order valence-electron chi connectivity index (χ0n) is 16.3. The number of hydrogen-bond acceptors (Lipinski definition) is 4. The Kier molecular flexibility index (Phi) is 7.27. The molecule has 1 aliphatic heterocycles. The van der Waals surface area contributed by atoms with Crippen molar-refractivity contribution >= 4 is 57.1 Å². The highest BCUT2D eigenvalue weighted by molar-refractivity contribution is 14.1. The number of carbonyl (C=O) groups is 2. The standard InChI is InChI=1S/C22H21I2NO5/c1-22(21(28)29,30-16-5-3-2-4-6-16)13-14-7-9-25(10-8-14)20(27)15-11-17(23)19(26)18(24)12-15/h2-7,11-12,26H,8-10,13H2,1H3,(H,28,29). The summed E-state index contributed by atoms with van der Waals surface area (Å²) in [5.41, 5.74) is 0.0960. The Morgan fingerprint density at radius 1 is 1.17 bits per heavy atom. The number of nitrogens with zero attached hydrogens (tertiary/aromatic N) is 1. The summed E-state index contributed by atoms with van der Waals surface area (Å²) in [5, 5.41) is 19.7. The molecule has 1 amide bonds. The zero-order valence-corrected chi connectivity index (χ0v) is 20.6. The van der Waals surface area contributed by atoms with Crippen LogP contribution in [-0.4, -0.2) is 45.7 Å². The van der Waals surface area contributed by atoms with Crippen molar-refractivity contribution in [1.82, 2.24) is 4.90 Å². The first-order valence-corrected chi connectivity index (χ1v) is 11.5. The minimum absolute atomic E-state index is 0.109. The van der Waals surface area contributed by atoms with Crippen molar-refractivity contribution in [3.63, 3.8) is 0 Å². The minimum Gasteiger partial charge on any atom is -0.506 e. The number of aliphatic carboxylic acids is 1. The second-order valence-corrected chi connectivity index (χ2v) is 9.60. The Balaban J connectivity index is 1.70. The molecular weight excluding hydrogens is 612 g/mol. The molecule has 1 aliphatic rings. The number of benzene rings is 2. The van der Waals surface area contributed by atoms with E-state index in [1.807, 2.05) is 57.3 Å². The number of ether oxygens (including phenoxy) is 1. The molecule has 30 heavy (non-hydrogen) atoms. The summed E-state index contributed by atoms with van der Waals surface area (Å²) in [7, 11) is 0. The molecule has 2 aromatic rings. The van der Waals surface area contributed by atoms with Gasteiger partial charge in [0.2, 0.25) is 5.60 Å². The van der Waals surface area contributed by atoms with Crippen LogP contribution in [0.4, 0.5) is 0 Å². The summed E-state index contributed by atoms with van der Waals surface area (Å²) in [6.45, 7) is 2.48. The van der Waals surface area contributed by atoms with Crippen molar-refractivity contribution in [3.8, 4) is 11.5 Å². The first kappa shape index (κ1) is 22.9. The average Bonchev–Trinajstić information content (AvgIpc) is 2.72. The smallest absolute Gasteiger partial charge is 0.348 e. The zero-order chi connectivity index (χ0) is 21.9. The summed E-state index contributed by atoms with van der Waals surface area (Å²) in [6.07, 6.45) is 2.74. The first-order chi connectivity index (χ1) is 14.2. The SMILES string of the molecule is CC(CC1=CCN(C(=O)c2cc(I)c(O)c(I)c2)CC1)(Oc1ccccc1)C(=O)O. The summed E-state index contributed by atoms with van der Waals surface area (Å²) < 4.78 is 7.06. The molecule has 2 aromatic carbocycles. The van der Waals surface area contributed by atoms with Crippen LogP contribution in [0.25, 0.3) is 0 Å². The average molecular weight is 633 g/mol. The summed E-state index contributed by atoms with van der Waals surface area (Å²) in [5.74, 6) is -0.450. The van der Waals surface area contributed by atoms with Gasteiger partial charge in [0.25, 0.3) is 5.91 Å². The molecule has 8 heteroatoms. The lowest BCUT2D eigenvalue weighted by atomic mass is 9.92. The number of phenolic OH excluding ortho intramolecular Hbond substituents is 1. The second kappa shape index (κ2) is 9.54. The highest BCUT2D eigenvalue weighted by atomic mass is 127. The fourth-order valence-electron chi connectivity index (χ4n) is 3.27. The van der Waals surface area contributed by atoms with Crippen LogP contribution in [0.3, 0.4) is 0 Å². The number of phenols is 1. The Morgan fingerprint density at radius 3 is 2.33 bits per heavy atom. The van der Waals surface area contributed by atoms with E-state index < -0.39 is 11.6 Å². The second-order valence-electron chi connectivity index (χ2n) is 7.28. The molecule has 0 aliphatic carbocycles. The largest absolute Gasteiger partial charge is 0.506 e. The Hall–Kier alpha value is -1.82. The Morgan fingerprint density at radius 2 is 1.80 bits per heavy atom. The van der Waals surface area contributed by atoms with Crippen molar-refractivity contribution < 1.29 is 24.5 Å². The highest BCUT2D eigenvalue weighted by Crippen LogP contribution is 2.30. The number of rotatable bonds is 6. The van der Waals surface area contributed by atoms with E-state index >= 15 is 0 Å². The van der Waals surface area contributed by atoms with Crippen LogP contribution in [0.2, 0.25) is 0 Å². The van der Waals surface area contributed by atoms with Gasteiger partial charge in [-0.15, -0.1) is 0 Å². The number of para-hydroxylation sites is 1. The molecule has 0 saturated carbocycles. The van der Waals surface area contributed by atoms with E-state index in [1.165, 1.54) is 0 Å². The van der Waals surface area contributed by atoms with Crippen LogP contribution >= 0.6 is 45.2 Å². The fraction of sp³-hybridized carbons (Fsp3) is 0.273. The molecule has 0 aromatic heterocycles. The maximum Gasteiger partial charge on any atom is 0.348 e. The number of carboxylic acids is 1. The van der Waals surface area contributed by atoms with Crippen LogP contribution in [0.1, 0.15) is 30.1 Å². The van der Waals surface area contributed by atoms with E-state index in [0.29, 0.717) is 38.0 Å². The molecule has 158 valence electrons. The lowest BCUT2D eigenvalue weighted by molar-refractivity contribution is -0.153. The van der Waals surface area contributed by atoms with Gasteiger partial charge in [0.15, 0.2) is 0 Å². The molecule has 0 saturated heterocycles. The van der Waals surface area contributed by atoms with Crippen molar-refractivity contribution in [1.29, 1.82) is 0 Å². The molecule has 0 fully saturated rings. The van der Waals surface area contributed by atoms with Gasteiger partial charge in [0.1, 0.15) is 11.5 Å². The molecule has 1 heterocycles. The highest BCUT2D eigenvalue weighted by Gasteiger charge is 2.37. The van der Waals surface area contributed by atoms with Gasteiger partial charge in [-0.25, -0.2) is 4.79 Å². The van der Waals surface area contributed by atoms with Crippen molar-refractivity contribution in [3.05, 3.63) is 66.8 Å². The molecule has 0 radical (unpaired) electrons. The number of carboxylic acid groups (broad SMARTS) is 1. The van der Waals surface area contributed by atoms with E-state index in [0.717, 1.165) is 5.57 Å². The van der Waals surface area contributed by atoms with E-state index in [1.54, 1.807) is 48.2 Å². The van der Waals surface area contributed by atoms with Gasteiger partial charge >= 0.3 is 5.97 Å². The van der Waals surface area contributed by atoms with Gasteiger partial charge in [-0.3, -0.25) is 4.79 Å². The van der Waals surface area contributed by atoms with E-state index in [9.17, 15) is 19.8 Å². The number of hydrogen-bond donors (Lipinski definition) is 2. The Labute approximate surface area is 202 Å². The summed E-state index contributed by atoms with van der Waals surface area (Å²) in [6, 6.07) is 12.3. The third-order valence-electron chi connectivity index (χ3n) is 4.96. The predicted octanol–water partition coefficient (Wildman–Crippen LogP) is 4.69. The molecule has 6 nitrogen and oxygen atoms in total. The van der Waals surface area contributed by atoms with Crippen LogP contribution in [0.5, 0.6) is 11.5 Å². The van der Waals surface area contributed by atoms with Gasteiger partial charge in [-0.2, -0.15) is 0 Å². The van der Waals surface area contributed by atoms with Gasteiger partial charge in [0, 0.05) is 25.1 Å². The van der Waals surface area contributed by atoms with Crippen molar-refractivity contribution in [2.24, 2.45) is 0 Å². The number of amides is 1. The number of halogens is 2. The molecule has 0 bridgehead atoms. The van der Waals surface area contributed by atoms with Gasteiger partial charge in [-0.1, -0.05) is 29.8 Å². The minimum atomic E-state index is -1.39. The number of aromatic hydroxyl groups is 1. The van der Waals surface area contributed by atoms with Crippen molar-refractivity contribution in [2.45, 2.75) is 25.4 Å².